The molecule has 1 atom stereocenters. The maximum Gasteiger partial charge on any atom is 0.339 e. The minimum Gasteiger partial charge on any atom is -0.465 e. The number of fused-ring (bicyclic) bond motifs is 1. The predicted molar refractivity (Wildman–Crippen MR) is 95.7 cm³/mol. The first-order valence-electron chi connectivity index (χ1n) is 8.47. The molecule has 3 rings (SSSR count). The Morgan fingerprint density at radius 2 is 1.96 bits per heavy atom. The molecule has 0 fully saturated rings. The fourth-order valence-corrected chi connectivity index (χ4v) is 3.45. The Morgan fingerprint density at radius 3 is 2.68 bits per heavy atom. The molecule has 0 saturated heterocycles. The van der Waals surface area contributed by atoms with Gasteiger partial charge in [-0.1, -0.05) is 19.1 Å². The maximum absolute atomic E-state index is 12.9. The van der Waals surface area contributed by atoms with Crippen molar-refractivity contribution in [2.75, 3.05) is 19.0 Å². The molecule has 25 heavy (non-hydrogen) atoms. The molecule has 0 aliphatic carbocycles. The minimum absolute atomic E-state index is 0.0211. The Kier molecular flexibility index (Phi) is 4.79. The number of hydrogen-bond donors (Lipinski definition) is 1. The number of para-hydroxylation sites is 1. The average Bonchev–Trinajstić information content (AvgIpc) is 3.01. The maximum atomic E-state index is 12.9. The Hall–Kier alpha value is -2.76. The van der Waals surface area contributed by atoms with Crippen molar-refractivity contribution in [1.82, 2.24) is 9.47 Å². The number of hydrogen-bond acceptors (Lipinski definition) is 3. The van der Waals surface area contributed by atoms with Crippen LogP contribution in [0.25, 0.3) is 0 Å². The van der Waals surface area contributed by atoms with Crippen molar-refractivity contribution >= 4 is 17.7 Å². The number of carbonyl (C=O) groups excluding carboxylic acids is 2. The quantitative estimate of drug-likeness (QED) is 0.868. The molecule has 1 aromatic heterocycles. The Bertz CT molecular complexity index is 797. The Morgan fingerprint density at radius 1 is 1.20 bits per heavy atom. The number of amides is 2. The molecule has 0 bridgehead atoms. The second kappa shape index (κ2) is 7.01. The van der Waals surface area contributed by atoms with Crippen molar-refractivity contribution in [3.8, 4) is 0 Å². The third-order valence-electron chi connectivity index (χ3n) is 4.74. The van der Waals surface area contributed by atoms with Crippen molar-refractivity contribution < 1.29 is 14.3 Å². The number of nitrogens with one attached hydrogen (secondary N) is 1. The molecule has 0 saturated carbocycles. The third kappa shape index (κ3) is 3.12. The lowest BCUT2D eigenvalue weighted by atomic mass is 10.1. The number of benzene rings is 1. The molecule has 1 aromatic carbocycles. The summed E-state index contributed by atoms with van der Waals surface area (Å²) in [5, 5.41) is 2.87. The summed E-state index contributed by atoms with van der Waals surface area (Å²) in [4.78, 5) is 26.6. The van der Waals surface area contributed by atoms with Crippen LogP contribution in [0.1, 0.15) is 41.1 Å². The molecule has 1 aliphatic heterocycles. The molecule has 0 spiro atoms. The largest absolute Gasteiger partial charge is 0.465 e. The van der Waals surface area contributed by atoms with Gasteiger partial charge in [0, 0.05) is 24.5 Å². The highest BCUT2D eigenvalue weighted by Crippen LogP contribution is 2.31. The van der Waals surface area contributed by atoms with Crippen LogP contribution in [0.5, 0.6) is 0 Å². The smallest absolute Gasteiger partial charge is 0.339 e. The first-order chi connectivity index (χ1) is 12.1. The van der Waals surface area contributed by atoms with E-state index in [9.17, 15) is 9.59 Å². The molecule has 0 unspecified atom stereocenters. The van der Waals surface area contributed by atoms with Crippen molar-refractivity contribution in [3.63, 3.8) is 0 Å². The van der Waals surface area contributed by atoms with Crippen molar-refractivity contribution in [1.29, 1.82) is 0 Å². The van der Waals surface area contributed by atoms with Gasteiger partial charge in [0.05, 0.1) is 24.4 Å². The predicted octanol–water partition coefficient (Wildman–Crippen LogP) is 3.58. The third-order valence-corrected chi connectivity index (χ3v) is 4.74. The summed E-state index contributed by atoms with van der Waals surface area (Å²) in [6.45, 7) is 5.56. The van der Waals surface area contributed by atoms with Crippen LogP contribution >= 0.6 is 0 Å². The zero-order valence-electron chi connectivity index (χ0n) is 14.8. The minimum atomic E-state index is -0.467. The van der Waals surface area contributed by atoms with E-state index in [1.54, 1.807) is 24.3 Å². The van der Waals surface area contributed by atoms with Crippen LogP contribution in [0, 0.1) is 6.92 Å². The monoisotopic (exact) mass is 341 g/mol. The highest BCUT2D eigenvalue weighted by atomic mass is 16.5. The number of aromatic nitrogens is 1. The van der Waals surface area contributed by atoms with Gasteiger partial charge in [-0.25, -0.2) is 9.59 Å². The fraction of sp³-hybridized carbons (Fsp3) is 0.368. The first-order valence-corrected chi connectivity index (χ1v) is 8.47. The molecular weight excluding hydrogens is 318 g/mol. The van der Waals surface area contributed by atoms with Crippen LogP contribution in [-0.4, -0.2) is 35.1 Å². The molecule has 2 heterocycles. The van der Waals surface area contributed by atoms with Crippen LogP contribution in [-0.2, 0) is 11.3 Å². The van der Waals surface area contributed by atoms with Gasteiger partial charge in [-0.3, -0.25) is 0 Å². The number of ether oxygens (including phenoxy) is 1. The van der Waals surface area contributed by atoms with E-state index in [1.165, 1.54) is 12.8 Å². The van der Waals surface area contributed by atoms with E-state index in [4.69, 9.17) is 4.74 Å². The van der Waals surface area contributed by atoms with Gasteiger partial charge in [-0.05, 0) is 37.6 Å². The number of esters is 1. The number of carbonyl (C=O) groups is 2. The standard InChI is InChI=1S/C19H23N3O3/c1-4-16-17-10-9-13(2)21(17)11-12-22(16)19(24)20-15-8-6-5-7-14(15)18(23)25-3/h5-10,16H,4,11-12H2,1-3H3,(H,20,24)/t16-/m0/s1. The average molecular weight is 341 g/mol. The second-order valence-electron chi connectivity index (χ2n) is 6.14. The van der Waals surface area contributed by atoms with Gasteiger partial charge < -0.3 is 19.5 Å². The van der Waals surface area contributed by atoms with Gasteiger partial charge in [-0.2, -0.15) is 0 Å². The molecule has 2 amide bonds. The van der Waals surface area contributed by atoms with Crippen molar-refractivity contribution in [3.05, 3.63) is 53.3 Å². The first kappa shape index (κ1) is 17.1. The van der Waals surface area contributed by atoms with Gasteiger partial charge in [0.15, 0.2) is 0 Å². The number of methoxy groups -OCH3 is 1. The second-order valence-corrected chi connectivity index (χ2v) is 6.14. The number of urea groups is 1. The van der Waals surface area contributed by atoms with Gasteiger partial charge in [0.1, 0.15) is 0 Å². The van der Waals surface area contributed by atoms with E-state index in [0.29, 0.717) is 17.8 Å². The number of aryl methyl sites for hydroxylation is 1. The van der Waals surface area contributed by atoms with Crippen LogP contribution < -0.4 is 5.32 Å². The number of rotatable bonds is 3. The normalized spacial score (nSPS) is 16.3. The van der Waals surface area contributed by atoms with Gasteiger partial charge in [0.25, 0.3) is 0 Å². The van der Waals surface area contributed by atoms with E-state index in [1.807, 2.05) is 4.90 Å². The lowest BCUT2D eigenvalue weighted by molar-refractivity contribution is 0.0602. The summed E-state index contributed by atoms with van der Waals surface area (Å²) >= 11 is 0. The Labute approximate surface area is 147 Å². The van der Waals surface area contributed by atoms with Crippen LogP contribution in [0.4, 0.5) is 10.5 Å². The number of nitrogens with zero attached hydrogens (tertiary/aromatic N) is 2. The highest BCUT2D eigenvalue weighted by molar-refractivity contribution is 6.00. The molecule has 6 heteroatoms. The lowest BCUT2D eigenvalue weighted by Gasteiger charge is -2.37. The number of anilines is 1. The summed E-state index contributed by atoms with van der Waals surface area (Å²) in [5.74, 6) is -0.467. The summed E-state index contributed by atoms with van der Waals surface area (Å²) < 4.78 is 7.05. The molecule has 6 nitrogen and oxygen atoms in total. The van der Waals surface area contributed by atoms with Crippen molar-refractivity contribution in [2.45, 2.75) is 32.9 Å². The van der Waals surface area contributed by atoms with E-state index in [-0.39, 0.29) is 12.1 Å². The zero-order chi connectivity index (χ0) is 18.0. The lowest BCUT2D eigenvalue weighted by Crippen LogP contribution is -2.44. The van der Waals surface area contributed by atoms with Crippen molar-refractivity contribution in [2.24, 2.45) is 0 Å². The van der Waals surface area contributed by atoms with Crippen LogP contribution in [0.15, 0.2) is 36.4 Å². The SMILES string of the molecule is CC[C@H]1c2ccc(C)n2CCN1C(=O)Nc1ccccc1C(=O)OC. The molecule has 0 radical (unpaired) electrons. The molecule has 1 aliphatic rings. The Balaban J connectivity index is 1.84. The fourth-order valence-electron chi connectivity index (χ4n) is 3.45. The van der Waals surface area contributed by atoms with E-state index in [2.05, 4.69) is 35.9 Å². The highest BCUT2D eigenvalue weighted by Gasteiger charge is 2.30. The van der Waals surface area contributed by atoms with E-state index in [0.717, 1.165) is 18.7 Å². The van der Waals surface area contributed by atoms with Crippen LogP contribution in [0.3, 0.4) is 0 Å². The molecule has 2 aromatic rings. The van der Waals surface area contributed by atoms with Gasteiger partial charge >= 0.3 is 12.0 Å². The summed E-state index contributed by atoms with van der Waals surface area (Å²) in [6, 6.07) is 10.9. The van der Waals surface area contributed by atoms with E-state index >= 15 is 0 Å². The zero-order valence-corrected chi connectivity index (χ0v) is 14.8. The molecule has 132 valence electrons. The summed E-state index contributed by atoms with van der Waals surface area (Å²) in [7, 11) is 1.33. The van der Waals surface area contributed by atoms with Gasteiger partial charge in [0.2, 0.25) is 0 Å². The van der Waals surface area contributed by atoms with Gasteiger partial charge in [-0.15, -0.1) is 0 Å². The van der Waals surface area contributed by atoms with Crippen LogP contribution in [0.2, 0.25) is 0 Å². The molecular formula is C19H23N3O3. The summed E-state index contributed by atoms with van der Waals surface area (Å²) in [6.07, 6.45) is 0.829. The molecule has 1 N–H and O–H groups in total. The topological polar surface area (TPSA) is 63.6 Å². The van der Waals surface area contributed by atoms with E-state index < -0.39 is 5.97 Å². The summed E-state index contributed by atoms with van der Waals surface area (Å²) in [5.41, 5.74) is 3.18.